The maximum atomic E-state index is 13.1. The Hall–Kier alpha value is -4.57. The third-order valence-corrected chi connectivity index (χ3v) is 7.95. The van der Waals surface area contributed by atoms with Crippen LogP contribution in [0.15, 0.2) is 60.0 Å². The molecule has 3 aromatic rings. The summed E-state index contributed by atoms with van der Waals surface area (Å²) in [6.45, 7) is -2.28. The average Bonchev–Trinajstić information content (AvgIpc) is 3.64. The van der Waals surface area contributed by atoms with Gasteiger partial charge in [-0.1, -0.05) is 0 Å². The highest BCUT2D eigenvalue weighted by molar-refractivity contribution is 7.10. The number of amidine groups is 1. The van der Waals surface area contributed by atoms with Crippen LogP contribution in [0.1, 0.15) is 45.7 Å². The van der Waals surface area contributed by atoms with Gasteiger partial charge in [0.2, 0.25) is 11.8 Å². The van der Waals surface area contributed by atoms with Crippen LogP contribution in [0, 0.1) is 5.41 Å². The van der Waals surface area contributed by atoms with E-state index in [2.05, 4.69) is 15.4 Å². The van der Waals surface area contributed by atoms with Crippen LogP contribution in [0.2, 0.25) is 0 Å². The molecular weight excluding hydrogens is 625 g/mol. The molecule has 1 aromatic heterocycles. The van der Waals surface area contributed by atoms with Crippen molar-refractivity contribution in [2.75, 3.05) is 13.1 Å². The topological polar surface area (TPSA) is 147 Å². The highest BCUT2D eigenvalue weighted by Gasteiger charge is 2.41. The summed E-state index contributed by atoms with van der Waals surface area (Å²) in [4.78, 5) is 40.7. The number of benzene rings is 2. The maximum absolute atomic E-state index is 13.1. The zero-order chi connectivity index (χ0) is 32.9. The maximum Gasteiger partial charge on any atom is 0.416 e. The average molecular weight is 654 g/mol. The molecule has 3 atom stereocenters. The second-order valence-electron chi connectivity index (χ2n) is 10.0. The van der Waals surface area contributed by atoms with Gasteiger partial charge in [0.05, 0.1) is 24.3 Å². The van der Waals surface area contributed by atoms with Crippen LogP contribution < -0.4 is 21.1 Å². The molecular formula is C29H28F5N5O5S. The number of ether oxygens (including phenoxy) is 2. The monoisotopic (exact) mass is 653 g/mol. The molecule has 0 aliphatic carbocycles. The van der Waals surface area contributed by atoms with Crippen molar-refractivity contribution < 1.29 is 45.8 Å². The van der Waals surface area contributed by atoms with Gasteiger partial charge in [-0.2, -0.15) is 22.0 Å². The second-order valence-corrected chi connectivity index (χ2v) is 11.0. The lowest BCUT2D eigenvalue weighted by molar-refractivity contribution is -0.160. The SMILES string of the molecule is C[C@@H](NC(=O)[C@@H]1C[C@@H](OC(F)F)CN1C(=O)CNC(=O)c1ccc(Oc2ccc(C(F)(F)F)cc2)cc1)c1cc(C(=N)N)cs1. The van der Waals surface area contributed by atoms with Crippen molar-refractivity contribution in [2.24, 2.45) is 5.73 Å². The standard InChI is InChI=1S/C29H28F5N5O5S/c1-15(23-10-17(14-45-23)25(35)36)38-27(42)22-11-21(44-28(30)31)13-39(22)24(40)12-37-26(41)16-2-6-19(7-3-16)43-20-8-4-18(5-9-20)29(32,33)34/h2-10,14-15,21-22,28H,11-13H2,1H3,(H3,35,36)(H,37,41)(H,38,42)/t15-,21-,22+/m1/s1. The Morgan fingerprint density at radius 2 is 1.69 bits per heavy atom. The molecule has 1 aliphatic heterocycles. The summed E-state index contributed by atoms with van der Waals surface area (Å²) in [5.41, 5.74) is 5.28. The van der Waals surface area contributed by atoms with Gasteiger partial charge in [0, 0.05) is 34.3 Å². The Kier molecular flexibility index (Phi) is 10.4. The number of alkyl halides is 5. The van der Waals surface area contributed by atoms with E-state index in [1.807, 2.05) is 0 Å². The number of rotatable bonds is 11. The number of halogens is 5. The normalized spacial score (nSPS) is 17.2. The van der Waals surface area contributed by atoms with Crippen LogP contribution in [0.4, 0.5) is 22.0 Å². The summed E-state index contributed by atoms with van der Waals surface area (Å²) in [5, 5.41) is 14.4. The minimum Gasteiger partial charge on any atom is -0.457 e. The number of carbonyl (C=O) groups is 3. The largest absolute Gasteiger partial charge is 0.457 e. The number of nitrogens with two attached hydrogens (primary N) is 1. The molecule has 3 amide bonds. The lowest BCUT2D eigenvalue weighted by atomic mass is 10.1. The molecule has 240 valence electrons. The van der Waals surface area contributed by atoms with Crippen molar-refractivity contribution in [3.05, 3.63) is 81.5 Å². The van der Waals surface area contributed by atoms with Crippen LogP contribution in [0.3, 0.4) is 0 Å². The van der Waals surface area contributed by atoms with Crippen molar-refractivity contribution in [1.82, 2.24) is 15.5 Å². The number of carbonyl (C=O) groups excluding carboxylic acids is 3. The van der Waals surface area contributed by atoms with E-state index in [0.717, 1.165) is 29.2 Å². The van der Waals surface area contributed by atoms with Gasteiger partial charge >= 0.3 is 12.8 Å². The fourth-order valence-corrected chi connectivity index (χ4v) is 5.47. The third kappa shape index (κ3) is 8.76. The molecule has 0 unspecified atom stereocenters. The molecule has 10 nitrogen and oxygen atoms in total. The second kappa shape index (κ2) is 14.0. The third-order valence-electron chi connectivity index (χ3n) is 6.83. The van der Waals surface area contributed by atoms with E-state index in [1.54, 1.807) is 18.4 Å². The highest BCUT2D eigenvalue weighted by Crippen LogP contribution is 2.31. The van der Waals surface area contributed by atoms with Gasteiger partial charge in [-0.3, -0.25) is 19.8 Å². The molecule has 0 spiro atoms. The molecule has 5 N–H and O–H groups in total. The van der Waals surface area contributed by atoms with Gasteiger partial charge in [-0.25, -0.2) is 0 Å². The number of amides is 3. The fourth-order valence-electron chi connectivity index (χ4n) is 4.55. The van der Waals surface area contributed by atoms with Crippen molar-refractivity contribution in [3.8, 4) is 11.5 Å². The number of hydrogen-bond acceptors (Lipinski definition) is 7. The van der Waals surface area contributed by atoms with Crippen LogP contribution in [0.5, 0.6) is 11.5 Å². The summed E-state index contributed by atoms with van der Waals surface area (Å²) in [6, 6.07) is 9.61. The van der Waals surface area contributed by atoms with Crippen molar-refractivity contribution in [1.29, 1.82) is 5.41 Å². The molecule has 2 aromatic carbocycles. The Bertz CT molecular complexity index is 1530. The number of thiophene rings is 1. The molecule has 2 heterocycles. The predicted molar refractivity (Wildman–Crippen MR) is 153 cm³/mol. The van der Waals surface area contributed by atoms with E-state index in [-0.39, 0.29) is 35.9 Å². The number of nitrogens with zero attached hydrogens (tertiary/aromatic N) is 1. The Labute approximate surface area is 257 Å². The van der Waals surface area contributed by atoms with E-state index in [4.69, 9.17) is 15.9 Å². The van der Waals surface area contributed by atoms with Crippen LogP contribution in [0.25, 0.3) is 0 Å². The van der Waals surface area contributed by atoms with Gasteiger partial charge < -0.3 is 30.7 Å². The molecule has 45 heavy (non-hydrogen) atoms. The van der Waals surface area contributed by atoms with Crippen LogP contribution >= 0.6 is 11.3 Å². The minimum atomic E-state index is -4.48. The fraction of sp³-hybridized carbons (Fsp3) is 0.310. The lowest BCUT2D eigenvalue weighted by Gasteiger charge is -2.25. The smallest absolute Gasteiger partial charge is 0.416 e. The van der Waals surface area contributed by atoms with E-state index >= 15 is 0 Å². The van der Waals surface area contributed by atoms with E-state index in [9.17, 15) is 36.3 Å². The molecule has 1 saturated heterocycles. The zero-order valence-electron chi connectivity index (χ0n) is 23.6. The predicted octanol–water partition coefficient (Wildman–Crippen LogP) is 4.66. The number of nitrogens with one attached hydrogen (secondary N) is 3. The molecule has 0 saturated carbocycles. The van der Waals surface area contributed by atoms with Crippen molar-refractivity contribution in [3.63, 3.8) is 0 Å². The minimum absolute atomic E-state index is 0.131. The van der Waals surface area contributed by atoms with Gasteiger partial charge in [0.1, 0.15) is 23.4 Å². The Balaban J connectivity index is 1.35. The Morgan fingerprint density at radius 3 is 2.24 bits per heavy atom. The van der Waals surface area contributed by atoms with Gasteiger partial charge in [-0.15, -0.1) is 11.3 Å². The van der Waals surface area contributed by atoms with E-state index < -0.39 is 60.8 Å². The first-order valence-electron chi connectivity index (χ1n) is 13.4. The summed E-state index contributed by atoms with van der Waals surface area (Å²) in [7, 11) is 0. The summed E-state index contributed by atoms with van der Waals surface area (Å²) < 4.78 is 74.2. The molecule has 0 radical (unpaired) electrons. The summed E-state index contributed by atoms with van der Waals surface area (Å²) in [5.74, 6) is -1.71. The summed E-state index contributed by atoms with van der Waals surface area (Å²) >= 11 is 1.27. The summed E-state index contributed by atoms with van der Waals surface area (Å²) in [6.07, 6.45) is -5.78. The van der Waals surface area contributed by atoms with Crippen LogP contribution in [-0.4, -0.2) is 60.3 Å². The quantitative estimate of drug-likeness (QED) is 0.135. The van der Waals surface area contributed by atoms with E-state index in [0.29, 0.717) is 10.4 Å². The van der Waals surface area contributed by atoms with Crippen LogP contribution in [-0.2, 0) is 20.5 Å². The van der Waals surface area contributed by atoms with Gasteiger partial charge in [0.25, 0.3) is 5.91 Å². The molecule has 1 aliphatic rings. The molecule has 16 heteroatoms. The highest BCUT2D eigenvalue weighted by atomic mass is 32.1. The zero-order valence-corrected chi connectivity index (χ0v) is 24.4. The molecule has 4 rings (SSSR count). The lowest BCUT2D eigenvalue weighted by Crippen LogP contribution is -2.49. The van der Waals surface area contributed by atoms with Crippen molar-refractivity contribution in [2.45, 2.75) is 44.3 Å². The number of nitrogen functional groups attached to an aromatic ring is 1. The first-order chi connectivity index (χ1) is 21.2. The number of hydrogen-bond donors (Lipinski definition) is 4. The molecule has 0 bridgehead atoms. The van der Waals surface area contributed by atoms with Gasteiger partial charge in [0.15, 0.2) is 0 Å². The first-order valence-corrected chi connectivity index (χ1v) is 14.3. The van der Waals surface area contributed by atoms with Gasteiger partial charge in [-0.05, 0) is 61.5 Å². The molecule has 1 fully saturated rings. The van der Waals surface area contributed by atoms with Crippen molar-refractivity contribution >= 4 is 34.9 Å². The van der Waals surface area contributed by atoms with E-state index in [1.165, 1.54) is 35.6 Å². The number of likely N-dealkylation sites (tertiary alicyclic amines) is 1. The first kappa shape index (κ1) is 33.3. The Morgan fingerprint density at radius 1 is 1.07 bits per heavy atom.